The van der Waals surface area contributed by atoms with E-state index in [2.05, 4.69) is 39.0 Å². The van der Waals surface area contributed by atoms with Gasteiger partial charge >= 0.3 is 5.97 Å². The molecule has 0 atom stereocenters. The van der Waals surface area contributed by atoms with Crippen LogP contribution in [0.25, 0.3) is 5.57 Å². The molecule has 2 aliphatic rings. The SMILES string of the molecule is CC1=CC2=C(/C=C\C(C)(C)C1)c1sc(C(=O)O)cc1CC2. The molecule has 1 heterocycles. The quantitative estimate of drug-likeness (QED) is 0.785. The smallest absolute Gasteiger partial charge is 0.345 e. The number of carbonyl (C=O) groups is 1. The highest BCUT2D eigenvalue weighted by Gasteiger charge is 2.24. The van der Waals surface area contributed by atoms with E-state index in [4.69, 9.17) is 0 Å². The predicted octanol–water partition coefficient (Wildman–Crippen LogP) is 5.08. The summed E-state index contributed by atoms with van der Waals surface area (Å²) in [5.41, 5.74) is 5.30. The third kappa shape index (κ3) is 2.75. The Kier molecular flexibility index (Phi) is 3.40. The first-order valence-corrected chi connectivity index (χ1v) is 8.13. The number of hydrogen-bond donors (Lipinski definition) is 1. The van der Waals surface area contributed by atoms with Crippen LogP contribution in [0.5, 0.6) is 0 Å². The van der Waals surface area contributed by atoms with Crippen LogP contribution in [0.2, 0.25) is 0 Å². The molecule has 0 aliphatic heterocycles. The summed E-state index contributed by atoms with van der Waals surface area (Å²) in [4.78, 5) is 12.8. The van der Waals surface area contributed by atoms with Gasteiger partial charge in [0.1, 0.15) is 4.88 Å². The van der Waals surface area contributed by atoms with Gasteiger partial charge in [0.15, 0.2) is 0 Å². The lowest BCUT2D eigenvalue weighted by atomic mass is 9.80. The Morgan fingerprint density at radius 3 is 2.81 bits per heavy atom. The standard InChI is InChI=1S/C18H20O2S/c1-11-8-12-4-5-13-9-15(17(19)20)21-16(13)14(12)6-7-18(2,3)10-11/h6-9H,4-5,10H2,1-3H3,(H,19,20)/b7-6-,11-8?. The fourth-order valence-electron chi connectivity index (χ4n) is 3.27. The number of hydrogen-bond acceptors (Lipinski definition) is 2. The van der Waals surface area contributed by atoms with Crippen molar-refractivity contribution in [2.75, 3.05) is 0 Å². The van der Waals surface area contributed by atoms with E-state index in [1.165, 1.54) is 33.6 Å². The molecule has 1 aromatic rings. The van der Waals surface area contributed by atoms with E-state index in [1.807, 2.05) is 6.07 Å². The van der Waals surface area contributed by atoms with Crippen molar-refractivity contribution in [2.45, 2.75) is 40.0 Å². The highest BCUT2D eigenvalue weighted by atomic mass is 32.1. The van der Waals surface area contributed by atoms with Crippen LogP contribution in [-0.2, 0) is 6.42 Å². The summed E-state index contributed by atoms with van der Waals surface area (Å²) in [6.07, 6.45) is 9.80. The summed E-state index contributed by atoms with van der Waals surface area (Å²) in [5.74, 6) is -0.821. The summed E-state index contributed by atoms with van der Waals surface area (Å²) in [6, 6.07) is 1.85. The molecule has 0 bridgehead atoms. The van der Waals surface area contributed by atoms with E-state index in [9.17, 15) is 9.90 Å². The molecule has 1 N–H and O–H groups in total. The number of thiophene rings is 1. The number of rotatable bonds is 1. The molecule has 110 valence electrons. The molecular weight excluding hydrogens is 280 g/mol. The molecule has 21 heavy (non-hydrogen) atoms. The Morgan fingerprint density at radius 1 is 1.33 bits per heavy atom. The zero-order valence-corrected chi connectivity index (χ0v) is 13.5. The molecule has 0 spiro atoms. The minimum absolute atomic E-state index is 0.142. The van der Waals surface area contributed by atoms with Crippen LogP contribution in [0.1, 0.15) is 53.7 Å². The highest BCUT2D eigenvalue weighted by molar-refractivity contribution is 7.15. The molecule has 0 fully saturated rings. The van der Waals surface area contributed by atoms with Gasteiger partial charge in [0.2, 0.25) is 0 Å². The van der Waals surface area contributed by atoms with E-state index >= 15 is 0 Å². The normalized spacial score (nSPS) is 21.8. The van der Waals surface area contributed by atoms with Crippen molar-refractivity contribution in [1.29, 1.82) is 0 Å². The van der Waals surface area contributed by atoms with Gasteiger partial charge in [-0.2, -0.15) is 0 Å². The van der Waals surface area contributed by atoms with Crippen molar-refractivity contribution in [3.63, 3.8) is 0 Å². The maximum atomic E-state index is 11.2. The number of allylic oxidation sites excluding steroid dienone is 6. The van der Waals surface area contributed by atoms with Crippen LogP contribution in [0, 0.1) is 5.41 Å². The fourth-order valence-corrected chi connectivity index (χ4v) is 4.37. The average molecular weight is 300 g/mol. The van der Waals surface area contributed by atoms with Crippen molar-refractivity contribution in [1.82, 2.24) is 0 Å². The largest absolute Gasteiger partial charge is 0.477 e. The Bertz CT molecular complexity index is 699. The summed E-state index contributed by atoms with van der Waals surface area (Å²) >= 11 is 1.41. The molecule has 0 saturated heterocycles. The van der Waals surface area contributed by atoms with Crippen molar-refractivity contribution in [2.24, 2.45) is 5.41 Å². The van der Waals surface area contributed by atoms with E-state index < -0.39 is 5.97 Å². The first kappa shape index (κ1) is 14.3. The third-order valence-electron chi connectivity index (χ3n) is 4.13. The zero-order valence-electron chi connectivity index (χ0n) is 12.7. The number of fused-ring (bicyclic) bond motifs is 2. The zero-order chi connectivity index (χ0) is 15.2. The van der Waals surface area contributed by atoms with Crippen molar-refractivity contribution in [3.8, 4) is 0 Å². The summed E-state index contributed by atoms with van der Waals surface area (Å²) in [7, 11) is 0. The van der Waals surface area contributed by atoms with Gasteiger partial charge < -0.3 is 5.11 Å². The second kappa shape index (κ2) is 4.99. The Morgan fingerprint density at radius 2 is 2.10 bits per heavy atom. The van der Waals surface area contributed by atoms with Crippen molar-refractivity contribution >= 4 is 22.9 Å². The maximum Gasteiger partial charge on any atom is 0.345 e. The fraction of sp³-hybridized carbons (Fsp3) is 0.389. The molecular formula is C18H20O2S. The molecule has 3 rings (SSSR count). The molecule has 2 nitrogen and oxygen atoms in total. The second-order valence-electron chi connectivity index (χ2n) is 6.70. The first-order valence-electron chi connectivity index (χ1n) is 7.32. The van der Waals surface area contributed by atoms with E-state index in [1.54, 1.807) is 0 Å². The summed E-state index contributed by atoms with van der Waals surface area (Å²) < 4.78 is 0. The van der Waals surface area contributed by atoms with Crippen LogP contribution < -0.4 is 0 Å². The van der Waals surface area contributed by atoms with E-state index in [0.717, 1.165) is 24.1 Å². The average Bonchev–Trinajstić information content (AvgIpc) is 2.79. The first-order chi connectivity index (χ1) is 9.85. The number of aromatic carboxylic acids is 1. The van der Waals surface area contributed by atoms with Gasteiger partial charge in [0, 0.05) is 4.88 Å². The highest BCUT2D eigenvalue weighted by Crippen LogP contribution is 2.41. The minimum atomic E-state index is -0.821. The molecule has 2 aliphatic carbocycles. The lowest BCUT2D eigenvalue weighted by Gasteiger charge is -2.25. The summed E-state index contributed by atoms with van der Waals surface area (Å²) in [6.45, 7) is 6.68. The van der Waals surface area contributed by atoms with Gasteiger partial charge in [-0.3, -0.25) is 0 Å². The topological polar surface area (TPSA) is 37.3 Å². The number of carboxylic acid groups (broad SMARTS) is 1. The van der Waals surface area contributed by atoms with Gasteiger partial charge in [-0.25, -0.2) is 4.79 Å². The second-order valence-corrected chi connectivity index (χ2v) is 7.75. The van der Waals surface area contributed by atoms with Gasteiger partial charge in [-0.05, 0) is 54.4 Å². The third-order valence-corrected chi connectivity index (χ3v) is 5.33. The van der Waals surface area contributed by atoms with E-state index in [-0.39, 0.29) is 5.41 Å². The molecule has 0 radical (unpaired) electrons. The van der Waals surface area contributed by atoms with Crippen LogP contribution in [-0.4, -0.2) is 11.1 Å². The van der Waals surface area contributed by atoms with Crippen LogP contribution in [0.15, 0.2) is 35.4 Å². The van der Waals surface area contributed by atoms with Gasteiger partial charge in [0.05, 0.1) is 0 Å². The number of aryl methyl sites for hydroxylation is 1. The van der Waals surface area contributed by atoms with Gasteiger partial charge in [-0.15, -0.1) is 11.3 Å². The van der Waals surface area contributed by atoms with Crippen LogP contribution >= 0.6 is 11.3 Å². The predicted molar refractivity (Wildman–Crippen MR) is 87.8 cm³/mol. The molecule has 1 aromatic heterocycles. The molecule has 0 saturated carbocycles. The Hall–Kier alpha value is -1.61. The van der Waals surface area contributed by atoms with Crippen molar-refractivity contribution in [3.05, 3.63) is 50.8 Å². The molecule has 0 amide bonds. The Labute approximate surface area is 129 Å². The van der Waals surface area contributed by atoms with Gasteiger partial charge in [0.25, 0.3) is 0 Å². The van der Waals surface area contributed by atoms with Crippen LogP contribution in [0.4, 0.5) is 0 Å². The number of carboxylic acids is 1. The van der Waals surface area contributed by atoms with Crippen LogP contribution in [0.3, 0.4) is 0 Å². The Balaban J connectivity index is 2.15. The van der Waals surface area contributed by atoms with Crippen molar-refractivity contribution < 1.29 is 9.90 Å². The maximum absolute atomic E-state index is 11.2. The molecule has 3 heteroatoms. The monoisotopic (exact) mass is 300 g/mol. The lowest BCUT2D eigenvalue weighted by molar-refractivity contribution is 0.0702. The molecule has 0 aromatic carbocycles. The molecule has 0 unspecified atom stereocenters. The van der Waals surface area contributed by atoms with E-state index in [0.29, 0.717) is 4.88 Å². The lowest BCUT2D eigenvalue weighted by Crippen LogP contribution is -2.11. The minimum Gasteiger partial charge on any atom is -0.477 e. The van der Waals surface area contributed by atoms with Gasteiger partial charge in [-0.1, -0.05) is 37.6 Å². The summed E-state index contributed by atoms with van der Waals surface area (Å²) in [5, 5.41) is 9.22.